The molecule has 0 aliphatic carbocycles. The topological polar surface area (TPSA) is 23.5 Å². The molecule has 1 aromatic rings. The van der Waals surface area contributed by atoms with Gasteiger partial charge in [0.25, 0.3) is 0 Å². The summed E-state index contributed by atoms with van der Waals surface area (Å²) < 4.78 is 0. The second-order valence-corrected chi connectivity index (χ2v) is 6.16. The van der Waals surface area contributed by atoms with E-state index >= 15 is 0 Å². The van der Waals surface area contributed by atoms with Crippen molar-refractivity contribution in [3.8, 4) is 0 Å². The fourth-order valence-corrected chi connectivity index (χ4v) is 3.16. The molecule has 0 radical (unpaired) electrons. The van der Waals surface area contributed by atoms with Crippen LogP contribution in [0, 0.1) is 0 Å². The highest BCUT2D eigenvalue weighted by Crippen LogP contribution is 2.22. The van der Waals surface area contributed by atoms with Gasteiger partial charge in [-0.25, -0.2) is 0 Å². The van der Waals surface area contributed by atoms with Crippen molar-refractivity contribution in [1.82, 2.24) is 4.90 Å². The molecular weight excluding hydrogens is 242 g/mol. The van der Waals surface area contributed by atoms with Crippen LogP contribution in [0.15, 0.2) is 29.2 Å². The van der Waals surface area contributed by atoms with Gasteiger partial charge in [0, 0.05) is 4.90 Å². The van der Waals surface area contributed by atoms with Gasteiger partial charge in [-0.3, -0.25) is 0 Å². The average molecular weight is 265 g/mol. The maximum Gasteiger partial charge on any atom is 0.0761 e. The summed E-state index contributed by atoms with van der Waals surface area (Å²) in [6.07, 6.45) is 3.67. The van der Waals surface area contributed by atoms with Crippen molar-refractivity contribution in [3.63, 3.8) is 0 Å². The summed E-state index contributed by atoms with van der Waals surface area (Å²) in [5.41, 5.74) is 0.997. The second kappa shape index (κ2) is 7.17. The molecule has 1 heterocycles. The summed E-state index contributed by atoms with van der Waals surface area (Å²) in [7, 11) is 0. The standard InChI is InChI=1S/C15H23NOS/c1-13(17)14-5-7-15(8-6-14)18-12-4-11-16-9-2-3-10-16/h5-8,13,17H,2-4,9-12H2,1H3. The highest BCUT2D eigenvalue weighted by Gasteiger charge is 2.10. The van der Waals surface area contributed by atoms with Crippen molar-refractivity contribution < 1.29 is 5.11 Å². The largest absolute Gasteiger partial charge is 0.389 e. The van der Waals surface area contributed by atoms with Crippen molar-refractivity contribution in [1.29, 1.82) is 0 Å². The normalized spacial score (nSPS) is 18.1. The Morgan fingerprint density at radius 2 is 1.89 bits per heavy atom. The van der Waals surface area contributed by atoms with E-state index in [9.17, 15) is 5.11 Å². The Bertz CT molecular complexity index is 344. The fourth-order valence-electron chi connectivity index (χ4n) is 2.33. The lowest BCUT2D eigenvalue weighted by atomic mass is 10.1. The Labute approximate surface area is 114 Å². The van der Waals surface area contributed by atoms with Crippen LogP contribution in [0.4, 0.5) is 0 Å². The zero-order chi connectivity index (χ0) is 12.8. The molecule has 1 atom stereocenters. The summed E-state index contributed by atoms with van der Waals surface area (Å²) >= 11 is 1.92. The minimum absolute atomic E-state index is 0.362. The van der Waals surface area contributed by atoms with Crippen LogP contribution in [-0.2, 0) is 0 Å². The Kier molecular flexibility index (Phi) is 5.54. The van der Waals surface area contributed by atoms with Crippen molar-refractivity contribution in [2.75, 3.05) is 25.4 Å². The van der Waals surface area contributed by atoms with E-state index in [2.05, 4.69) is 17.0 Å². The first-order valence-corrected chi connectivity index (χ1v) is 7.87. The number of thioether (sulfide) groups is 1. The van der Waals surface area contributed by atoms with E-state index < -0.39 is 0 Å². The number of rotatable bonds is 6. The predicted molar refractivity (Wildman–Crippen MR) is 78.1 cm³/mol. The van der Waals surface area contributed by atoms with Crippen molar-refractivity contribution >= 4 is 11.8 Å². The van der Waals surface area contributed by atoms with Gasteiger partial charge in [0.2, 0.25) is 0 Å². The summed E-state index contributed by atoms with van der Waals surface area (Å²) in [6.45, 7) is 5.65. The van der Waals surface area contributed by atoms with E-state index in [1.807, 2.05) is 23.9 Å². The van der Waals surface area contributed by atoms with Gasteiger partial charge in [-0.05, 0) is 69.3 Å². The minimum Gasteiger partial charge on any atom is -0.389 e. The van der Waals surface area contributed by atoms with Crippen LogP contribution >= 0.6 is 11.8 Å². The van der Waals surface area contributed by atoms with Crippen LogP contribution in [0.25, 0.3) is 0 Å². The first-order valence-electron chi connectivity index (χ1n) is 6.89. The molecule has 0 amide bonds. The predicted octanol–water partition coefficient (Wildman–Crippen LogP) is 3.32. The Morgan fingerprint density at radius 3 is 2.50 bits per heavy atom. The quantitative estimate of drug-likeness (QED) is 0.630. The molecule has 0 aromatic heterocycles. The van der Waals surface area contributed by atoms with E-state index in [1.54, 1.807) is 6.92 Å². The molecule has 0 spiro atoms. The van der Waals surface area contributed by atoms with Gasteiger partial charge < -0.3 is 10.0 Å². The molecule has 1 saturated heterocycles. The van der Waals surface area contributed by atoms with Crippen LogP contribution in [-0.4, -0.2) is 35.4 Å². The fraction of sp³-hybridized carbons (Fsp3) is 0.600. The van der Waals surface area contributed by atoms with Gasteiger partial charge in [-0.1, -0.05) is 12.1 Å². The lowest BCUT2D eigenvalue weighted by Gasteiger charge is -2.13. The maximum atomic E-state index is 9.44. The SMILES string of the molecule is CC(O)c1ccc(SCCCN2CCCC2)cc1. The molecule has 1 aliphatic heterocycles. The third-order valence-electron chi connectivity index (χ3n) is 3.45. The molecule has 1 fully saturated rings. The number of hydrogen-bond acceptors (Lipinski definition) is 3. The molecule has 1 aromatic carbocycles. The third-order valence-corrected chi connectivity index (χ3v) is 4.55. The monoisotopic (exact) mass is 265 g/mol. The number of benzene rings is 1. The zero-order valence-electron chi connectivity index (χ0n) is 11.1. The molecular formula is C15H23NOS. The van der Waals surface area contributed by atoms with Gasteiger partial charge in [-0.15, -0.1) is 11.8 Å². The van der Waals surface area contributed by atoms with Gasteiger partial charge in [-0.2, -0.15) is 0 Å². The average Bonchev–Trinajstić information content (AvgIpc) is 2.88. The van der Waals surface area contributed by atoms with Crippen LogP contribution in [0.1, 0.15) is 37.9 Å². The summed E-state index contributed by atoms with van der Waals surface area (Å²) in [5, 5.41) is 9.44. The molecule has 1 aliphatic rings. The highest BCUT2D eigenvalue weighted by atomic mass is 32.2. The van der Waals surface area contributed by atoms with E-state index in [4.69, 9.17) is 0 Å². The van der Waals surface area contributed by atoms with Crippen molar-refractivity contribution in [2.45, 2.75) is 37.2 Å². The van der Waals surface area contributed by atoms with E-state index in [1.165, 1.54) is 49.5 Å². The highest BCUT2D eigenvalue weighted by molar-refractivity contribution is 7.99. The molecule has 0 bridgehead atoms. The van der Waals surface area contributed by atoms with E-state index in [-0.39, 0.29) is 6.10 Å². The van der Waals surface area contributed by atoms with E-state index in [0.29, 0.717) is 0 Å². The van der Waals surface area contributed by atoms with Crippen molar-refractivity contribution in [2.24, 2.45) is 0 Å². The molecule has 1 unspecified atom stereocenters. The second-order valence-electron chi connectivity index (χ2n) is 5.00. The van der Waals surface area contributed by atoms with Gasteiger partial charge in [0.1, 0.15) is 0 Å². The van der Waals surface area contributed by atoms with Gasteiger partial charge >= 0.3 is 0 Å². The Morgan fingerprint density at radius 1 is 1.22 bits per heavy atom. The van der Waals surface area contributed by atoms with Crippen LogP contribution in [0.3, 0.4) is 0 Å². The number of aliphatic hydroxyl groups excluding tert-OH is 1. The number of likely N-dealkylation sites (tertiary alicyclic amines) is 1. The third kappa shape index (κ3) is 4.30. The molecule has 1 N–H and O–H groups in total. The smallest absolute Gasteiger partial charge is 0.0761 e. The van der Waals surface area contributed by atoms with Crippen LogP contribution in [0.5, 0.6) is 0 Å². The zero-order valence-corrected chi connectivity index (χ0v) is 12.0. The summed E-state index contributed by atoms with van der Waals surface area (Å²) in [6, 6.07) is 8.27. The molecule has 100 valence electrons. The molecule has 0 saturated carbocycles. The van der Waals surface area contributed by atoms with Gasteiger partial charge in [0.15, 0.2) is 0 Å². The van der Waals surface area contributed by atoms with Crippen LogP contribution < -0.4 is 0 Å². The minimum atomic E-state index is -0.362. The van der Waals surface area contributed by atoms with Crippen molar-refractivity contribution in [3.05, 3.63) is 29.8 Å². The van der Waals surface area contributed by atoms with Gasteiger partial charge in [0.05, 0.1) is 6.10 Å². The molecule has 2 rings (SSSR count). The maximum absolute atomic E-state index is 9.44. The molecule has 18 heavy (non-hydrogen) atoms. The molecule has 3 heteroatoms. The number of hydrogen-bond donors (Lipinski definition) is 1. The lowest BCUT2D eigenvalue weighted by Crippen LogP contribution is -2.20. The Hall–Kier alpha value is -0.510. The molecule has 2 nitrogen and oxygen atoms in total. The summed E-state index contributed by atoms with van der Waals surface area (Å²) in [5.74, 6) is 1.19. The van der Waals surface area contributed by atoms with E-state index in [0.717, 1.165) is 5.56 Å². The summed E-state index contributed by atoms with van der Waals surface area (Å²) in [4.78, 5) is 3.87. The lowest BCUT2D eigenvalue weighted by molar-refractivity contribution is 0.199. The first-order chi connectivity index (χ1) is 8.75. The first kappa shape index (κ1) is 13.9. The number of nitrogens with zero attached hydrogens (tertiary/aromatic N) is 1. The number of aliphatic hydroxyl groups is 1. The Balaban J connectivity index is 1.66. The van der Waals surface area contributed by atoms with Crippen LogP contribution in [0.2, 0.25) is 0 Å².